The zero-order valence-electron chi connectivity index (χ0n) is 16.3. The number of sulfone groups is 1. The van der Waals surface area contributed by atoms with Gasteiger partial charge in [0, 0.05) is 24.7 Å². The molecule has 3 aromatic rings. The van der Waals surface area contributed by atoms with Crippen molar-refractivity contribution in [2.45, 2.75) is 44.7 Å². The molecule has 12 heteroatoms. The summed E-state index contributed by atoms with van der Waals surface area (Å²) in [5.74, 6) is 0.417. The summed E-state index contributed by atoms with van der Waals surface area (Å²) in [6.07, 6.45) is 4.24. The summed E-state index contributed by atoms with van der Waals surface area (Å²) < 4.78 is 24.6. The van der Waals surface area contributed by atoms with Crippen molar-refractivity contribution in [3.05, 3.63) is 39.5 Å². The van der Waals surface area contributed by atoms with E-state index in [1.54, 1.807) is 11.5 Å². The van der Waals surface area contributed by atoms with E-state index in [1.807, 2.05) is 13.8 Å². The Kier molecular flexibility index (Phi) is 5.80. The molecule has 0 aliphatic carbocycles. The minimum atomic E-state index is -3.38. The second-order valence-corrected chi connectivity index (χ2v) is 8.96. The third-order valence-corrected chi connectivity index (χ3v) is 5.68. The minimum absolute atomic E-state index is 0.0221. The predicted molar refractivity (Wildman–Crippen MR) is 109 cm³/mol. The van der Waals surface area contributed by atoms with Crippen LogP contribution in [0.3, 0.4) is 0 Å². The normalized spacial score (nSPS) is 12.9. The Balaban J connectivity index is 2.01. The van der Waals surface area contributed by atoms with Gasteiger partial charge >= 0.3 is 0 Å². The van der Waals surface area contributed by atoms with Crippen molar-refractivity contribution < 1.29 is 8.42 Å². The zero-order chi connectivity index (χ0) is 21.3. The fourth-order valence-electron chi connectivity index (χ4n) is 2.68. The van der Waals surface area contributed by atoms with Gasteiger partial charge in [-0.05, 0) is 31.9 Å². The third-order valence-electron chi connectivity index (χ3n) is 4.44. The van der Waals surface area contributed by atoms with Crippen LogP contribution in [0.4, 0.5) is 5.82 Å². The number of hydrogen-bond acceptors (Lipinski definition) is 9. The Labute approximate surface area is 172 Å². The number of aryl methyl sites for hydroxylation is 1. The molecule has 3 aromatic heterocycles. The van der Waals surface area contributed by atoms with E-state index in [4.69, 9.17) is 11.6 Å². The Morgan fingerprint density at radius 1 is 1.21 bits per heavy atom. The van der Waals surface area contributed by atoms with Gasteiger partial charge in [-0.1, -0.05) is 6.92 Å². The van der Waals surface area contributed by atoms with Crippen LogP contribution in [0, 0.1) is 6.92 Å². The highest BCUT2D eigenvalue weighted by Gasteiger charge is 2.19. The summed E-state index contributed by atoms with van der Waals surface area (Å²) in [5, 5.41) is 2.98. The van der Waals surface area contributed by atoms with Crippen LogP contribution in [0.15, 0.2) is 22.1 Å². The van der Waals surface area contributed by atoms with Gasteiger partial charge in [0.1, 0.15) is 16.2 Å². The quantitative estimate of drug-likeness (QED) is 0.574. The SMILES string of the molecule is CC[C@@H](C)n1c(=O)c(NCc2ncc(S(C)(=O)=O)cn2)nc2c(C)nc(Cl)nc21. The van der Waals surface area contributed by atoms with E-state index in [1.165, 1.54) is 12.4 Å². The Hall–Kier alpha value is -2.66. The van der Waals surface area contributed by atoms with E-state index < -0.39 is 9.84 Å². The molecular weight excluding hydrogens is 418 g/mol. The Morgan fingerprint density at radius 2 is 1.86 bits per heavy atom. The first-order valence-corrected chi connectivity index (χ1v) is 11.1. The standard InChI is InChI=1S/C17H20ClN7O3S/c1-5-9(2)25-15-13(10(3)22-17(18)24-15)23-14(16(25)26)21-8-12-19-6-11(7-20-12)29(4,27)28/h6-7,9H,5,8H2,1-4H3,(H,21,23)/t9-/m1/s1. The second-order valence-electron chi connectivity index (χ2n) is 6.60. The highest BCUT2D eigenvalue weighted by atomic mass is 35.5. The van der Waals surface area contributed by atoms with Crippen molar-refractivity contribution in [1.29, 1.82) is 0 Å². The highest BCUT2D eigenvalue weighted by molar-refractivity contribution is 7.90. The van der Waals surface area contributed by atoms with E-state index in [0.717, 1.165) is 6.26 Å². The van der Waals surface area contributed by atoms with E-state index in [0.29, 0.717) is 29.1 Å². The predicted octanol–water partition coefficient (Wildman–Crippen LogP) is 1.92. The summed E-state index contributed by atoms with van der Waals surface area (Å²) in [5.41, 5.74) is 1.04. The van der Waals surface area contributed by atoms with Crippen molar-refractivity contribution in [1.82, 2.24) is 29.5 Å². The van der Waals surface area contributed by atoms with Gasteiger partial charge in [0.15, 0.2) is 21.3 Å². The maximum atomic E-state index is 13.0. The van der Waals surface area contributed by atoms with Crippen LogP contribution in [0.25, 0.3) is 11.2 Å². The van der Waals surface area contributed by atoms with Crippen LogP contribution >= 0.6 is 11.6 Å². The van der Waals surface area contributed by atoms with E-state index >= 15 is 0 Å². The molecule has 3 heterocycles. The summed E-state index contributed by atoms with van der Waals surface area (Å²) in [6.45, 7) is 5.70. The Morgan fingerprint density at radius 3 is 2.45 bits per heavy atom. The van der Waals surface area contributed by atoms with Gasteiger partial charge in [-0.3, -0.25) is 9.36 Å². The molecule has 3 rings (SSSR count). The average molecular weight is 438 g/mol. The van der Waals surface area contributed by atoms with Crippen LogP contribution in [0.1, 0.15) is 37.8 Å². The van der Waals surface area contributed by atoms with Crippen molar-refractivity contribution in [3.8, 4) is 0 Å². The van der Waals surface area contributed by atoms with Crippen molar-refractivity contribution in [2.24, 2.45) is 0 Å². The number of halogens is 1. The number of hydrogen-bond donors (Lipinski definition) is 1. The molecule has 0 spiro atoms. The second kappa shape index (κ2) is 7.99. The summed E-state index contributed by atoms with van der Waals surface area (Å²) in [4.78, 5) is 33.8. The molecule has 0 fully saturated rings. The lowest BCUT2D eigenvalue weighted by molar-refractivity contribution is 0.526. The van der Waals surface area contributed by atoms with Gasteiger partial charge < -0.3 is 5.32 Å². The van der Waals surface area contributed by atoms with Crippen molar-refractivity contribution in [3.63, 3.8) is 0 Å². The smallest absolute Gasteiger partial charge is 0.295 e. The zero-order valence-corrected chi connectivity index (χ0v) is 17.9. The fraction of sp³-hybridized carbons (Fsp3) is 0.412. The van der Waals surface area contributed by atoms with Gasteiger partial charge in [-0.15, -0.1) is 0 Å². The first kappa shape index (κ1) is 21.1. The van der Waals surface area contributed by atoms with Crippen LogP contribution in [0.5, 0.6) is 0 Å². The van der Waals surface area contributed by atoms with Crippen molar-refractivity contribution in [2.75, 3.05) is 11.6 Å². The number of nitrogens with zero attached hydrogens (tertiary/aromatic N) is 6. The molecule has 0 amide bonds. The van der Waals surface area contributed by atoms with Crippen LogP contribution in [0.2, 0.25) is 5.28 Å². The maximum Gasteiger partial charge on any atom is 0.295 e. The molecule has 0 aliphatic rings. The molecule has 1 N–H and O–H groups in total. The van der Waals surface area contributed by atoms with E-state index in [-0.39, 0.29) is 34.1 Å². The minimum Gasteiger partial charge on any atom is -0.358 e. The molecule has 0 unspecified atom stereocenters. The monoisotopic (exact) mass is 437 g/mol. The van der Waals surface area contributed by atoms with Gasteiger partial charge in [-0.2, -0.15) is 4.98 Å². The number of anilines is 1. The number of nitrogens with one attached hydrogen (secondary N) is 1. The summed E-state index contributed by atoms with van der Waals surface area (Å²) in [7, 11) is -3.38. The van der Waals surface area contributed by atoms with E-state index in [9.17, 15) is 13.2 Å². The lowest BCUT2D eigenvalue weighted by Crippen LogP contribution is -2.28. The van der Waals surface area contributed by atoms with Gasteiger partial charge in [0.2, 0.25) is 5.28 Å². The molecule has 0 saturated heterocycles. The maximum absolute atomic E-state index is 13.0. The summed E-state index contributed by atoms with van der Waals surface area (Å²) >= 11 is 5.98. The molecule has 0 bridgehead atoms. The van der Waals surface area contributed by atoms with Crippen LogP contribution < -0.4 is 10.9 Å². The Bertz CT molecular complexity index is 1230. The average Bonchev–Trinajstić information content (AvgIpc) is 2.65. The number of aromatic nitrogens is 6. The largest absolute Gasteiger partial charge is 0.358 e. The number of fused-ring (bicyclic) bond motifs is 1. The molecule has 1 atom stereocenters. The first-order chi connectivity index (χ1) is 13.6. The van der Waals surface area contributed by atoms with Gasteiger partial charge in [-0.25, -0.2) is 28.4 Å². The lowest BCUT2D eigenvalue weighted by Gasteiger charge is -2.17. The van der Waals surface area contributed by atoms with Crippen molar-refractivity contribution >= 4 is 38.4 Å². The molecule has 0 aromatic carbocycles. The molecule has 10 nitrogen and oxygen atoms in total. The third kappa shape index (κ3) is 4.35. The fourth-order valence-corrected chi connectivity index (χ4v) is 3.38. The lowest BCUT2D eigenvalue weighted by atomic mass is 10.2. The summed E-state index contributed by atoms with van der Waals surface area (Å²) in [6, 6.07) is -0.135. The van der Waals surface area contributed by atoms with Crippen LogP contribution in [-0.4, -0.2) is 44.2 Å². The molecule has 29 heavy (non-hydrogen) atoms. The van der Waals surface area contributed by atoms with Crippen LogP contribution in [-0.2, 0) is 16.4 Å². The van der Waals surface area contributed by atoms with E-state index in [2.05, 4.69) is 30.2 Å². The van der Waals surface area contributed by atoms with Gasteiger partial charge in [0.05, 0.1) is 12.2 Å². The molecular formula is C17H20ClN7O3S. The van der Waals surface area contributed by atoms with Gasteiger partial charge in [0.25, 0.3) is 5.56 Å². The molecule has 0 aliphatic heterocycles. The topological polar surface area (TPSA) is 133 Å². The molecule has 154 valence electrons. The molecule has 0 saturated carbocycles. The first-order valence-electron chi connectivity index (χ1n) is 8.83. The number of rotatable bonds is 6. The molecule has 0 radical (unpaired) electrons. The highest BCUT2D eigenvalue weighted by Crippen LogP contribution is 2.20.